The first-order valence-electron chi connectivity index (χ1n) is 9.42. The molecule has 2 N–H and O–H groups in total. The van der Waals surface area contributed by atoms with E-state index in [0.717, 1.165) is 18.5 Å². The van der Waals surface area contributed by atoms with Gasteiger partial charge >= 0.3 is 6.03 Å². The van der Waals surface area contributed by atoms with Crippen LogP contribution in [0.5, 0.6) is 0 Å². The van der Waals surface area contributed by atoms with Crippen molar-refractivity contribution in [3.63, 3.8) is 0 Å². The molecule has 0 bridgehead atoms. The van der Waals surface area contributed by atoms with Crippen molar-refractivity contribution in [1.29, 1.82) is 0 Å². The van der Waals surface area contributed by atoms with E-state index in [1.165, 1.54) is 18.4 Å². The van der Waals surface area contributed by atoms with Crippen LogP contribution in [-0.4, -0.2) is 54.5 Å². The zero-order chi connectivity index (χ0) is 18.5. The van der Waals surface area contributed by atoms with Crippen molar-refractivity contribution >= 4 is 17.6 Å². The number of hydrogen-bond donors (Lipinski definition) is 1. The van der Waals surface area contributed by atoms with Gasteiger partial charge in [-0.1, -0.05) is 25.0 Å². The summed E-state index contributed by atoms with van der Waals surface area (Å²) >= 11 is 0. The molecule has 1 aromatic rings. The summed E-state index contributed by atoms with van der Waals surface area (Å²) in [5.74, 6) is -0.444. The molecule has 0 aromatic heterocycles. The molecule has 0 spiro atoms. The lowest BCUT2D eigenvalue weighted by molar-refractivity contribution is -0.124. The number of primary amides is 1. The van der Waals surface area contributed by atoms with Gasteiger partial charge in [-0.3, -0.25) is 14.6 Å². The van der Waals surface area contributed by atoms with Gasteiger partial charge in [0.1, 0.15) is 5.54 Å². The molecule has 1 atom stereocenters. The Kier molecular flexibility index (Phi) is 3.99. The van der Waals surface area contributed by atoms with E-state index in [9.17, 15) is 9.59 Å². The fourth-order valence-corrected chi connectivity index (χ4v) is 5.03. The lowest BCUT2D eigenvalue weighted by Gasteiger charge is -2.37. The highest BCUT2D eigenvalue weighted by molar-refractivity contribution is 6.04. The van der Waals surface area contributed by atoms with Gasteiger partial charge in [-0.25, -0.2) is 4.79 Å². The molecule has 4 rings (SSSR count). The quantitative estimate of drug-likeness (QED) is 0.899. The van der Waals surface area contributed by atoms with Gasteiger partial charge < -0.3 is 10.6 Å². The van der Waals surface area contributed by atoms with E-state index in [1.54, 1.807) is 9.80 Å². The Morgan fingerprint density at radius 1 is 1.15 bits per heavy atom. The average Bonchev–Trinajstić information content (AvgIpc) is 3.32. The van der Waals surface area contributed by atoms with Crippen LogP contribution in [-0.2, 0) is 10.3 Å². The van der Waals surface area contributed by atoms with Crippen LogP contribution in [0.4, 0.5) is 10.5 Å². The van der Waals surface area contributed by atoms with Crippen molar-refractivity contribution in [3.05, 3.63) is 36.2 Å². The zero-order valence-electron chi connectivity index (χ0n) is 15.6. The number of nitrogens with zero attached hydrogens (tertiary/aromatic N) is 3. The van der Waals surface area contributed by atoms with Crippen LogP contribution in [0.2, 0.25) is 0 Å². The number of carbonyl (C=O) groups is 2. The lowest BCUT2D eigenvalue weighted by atomic mass is 9.87. The van der Waals surface area contributed by atoms with E-state index in [-0.39, 0.29) is 11.6 Å². The Morgan fingerprint density at radius 2 is 1.81 bits per heavy atom. The molecule has 2 aliphatic heterocycles. The molecule has 1 radical (unpaired) electrons. The van der Waals surface area contributed by atoms with E-state index in [0.29, 0.717) is 19.5 Å². The first kappa shape index (κ1) is 17.3. The highest BCUT2D eigenvalue weighted by atomic mass is 16.2. The predicted octanol–water partition coefficient (Wildman–Crippen LogP) is 2.09. The third kappa shape index (κ3) is 2.28. The molecule has 26 heavy (non-hydrogen) atoms. The van der Waals surface area contributed by atoms with Crippen LogP contribution in [0, 0.1) is 6.42 Å². The van der Waals surface area contributed by atoms with Gasteiger partial charge in [0.15, 0.2) is 0 Å². The molecule has 2 heterocycles. The standard InChI is InChI=1S/C20H27N4O2/c1-22(2)19(10-3-4-11-19)15-6-8-16(9-7-15)23-14-20(17(21)25)12-5-13-24(20)18(23)26/h6-9,12H,3-5,10-11,13-14H2,1-2H3,(H2,21,25)/t20-/m1/s1. The Morgan fingerprint density at radius 3 is 2.35 bits per heavy atom. The Balaban J connectivity index is 1.62. The molecular weight excluding hydrogens is 328 g/mol. The topological polar surface area (TPSA) is 69.9 Å². The van der Waals surface area contributed by atoms with Gasteiger partial charge in [-0.05, 0) is 51.1 Å². The van der Waals surface area contributed by atoms with E-state index in [1.807, 2.05) is 18.6 Å². The minimum Gasteiger partial charge on any atom is -0.368 e. The van der Waals surface area contributed by atoms with Crippen molar-refractivity contribution in [2.24, 2.45) is 5.73 Å². The van der Waals surface area contributed by atoms with E-state index in [2.05, 4.69) is 31.1 Å². The van der Waals surface area contributed by atoms with Crippen LogP contribution in [0.25, 0.3) is 0 Å². The fraction of sp³-hybridized carbons (Fsp3) is 0.550. The summed E-state index contributed by atoms with van der Waals surface area (Å²) in [6.07, 6.45) is 7.42. The molecule has 1 saturated carbocycles. The summed E-state index contributed by atoms with van der Waals surface area (Å²) in [4.78, 5) is 30.5. The first-order chi connectivity index (χ1) is 12.4. The predicted molar refractivity (Wildman–Crippen MR) is 101 cm³/mol. The third-order valence-corrected chi connectivity index (χ3v) is 6.61. The maximum Gasteiger partial charge on any atom is 0.325 e. The average molecular weight is 355 g/mol. The normalized spacial score (nSPS) is 27.4. The van der Waals surface area contributed by atoms with Crippen LogP contribution in [0.15, 0.2) is 24.3 Å². The number of nitrogens with two attached hydrogens (primary N) is 1. The largest absolute Gasteiger partial charge is 0.368 e. The van der Waals surface area contributed by atoms with Crippen LogP contribution in [0.1, 0.15) is 37.7 Å². The Bertz CT molecular complexity index is 724. The molecule has 0 unspecified atom stereocenters. The van der Waals surface area contributed by atoms with Gasteiger partial charge in [0.25, 0.3) is 0 Å². The SMILES string of the molecule is CN(C)C1(c2ccc(N3C[C@@]4(C(N)=O)[CH]CCN4C3=O)cc2)CCCC1. The molecule has 6 nitrogen and oxygen atoms in total. The van der Waals surface area contributed by atoms with Crippen LogP contribution in [0.3, 0.4) is 0 Å². The molecular formula is C20H27N4O2. The van der Waals surface area contributed by atoms with Crippen molar-refractivity contribution in [2.45, 2.75) is 43.2 Å². The highest BCUT2D eigenvalue weighted by Gasteiger charge is 2.56. The maximum atomic E-state index is 12.8. The van der Waals surface area contributed by atoms with Gasteiger partial charge in [-0.15, -0.1) is 0 Å². The summed E-state index contributed by atoms with van der Waals surface area (Å²) in [7, 11) is 4.29. The third-order valence-electron chi connectivity index (χ3n) is 6.61. The first-order valence-corrected chi connectivity index (χ1v) is 9.42. The minimum atomic E-state index is -0.952. The Labute approximate surface area is 154 Å². The van der Waals surface area contributed by atoms with Crippen molar-refractivity contribution < 1.29 is 9.59 Å². The summed E-state index contributed by atoms with van der Waals surface area (Å²) in [5, 5.41) is 0. The number of anilines is 1. The zero-order valence-corrected chi connectivity index (χ0v) is 15.6. The van der Waals surface area contributed by atoms with Crippen molar-refractivity contribution in [3.8, 4) is 0 Å². The van der Waals surface area contributed by atoms with Crippen molar-refractivity contribution in [2.75, 3.05) is 32.1 Å². The molecule has 1 aliphatic carbocycles. The van der Waals surface area contributed by atoms with Gasteiger partial charge in [0.2, 0.25) is 5.91 Å². The Hall–Kier alpha value is -2.08. The summed E-state index contributed by atoms with van der Waals surface area (Å²) in [6, 6.07) is 8.16. The lowest BCUT2D eigenvalue weighted by Crippen LogP contribution is -2.53. The van der Waals surface area contributed by atoms with Crippen molar-refractivity contribution in [1.82, 2.24) is 9.80 Å². The summed E-state index contributed by atoms with van der Waals surface area (Å²) in [6.45, 7) is 0.861. The molecule has 139 valence electrons. The number of amides is 3. The van der Waals surface area contributed by atoms with Gasteiger partial charge in [0.05, 0.1) is 6.54 Å². The fourth-order valence-electron chi connectivity index (χ4n) is 5.03. The number of urea groups is 1. The molecule has 1 aromatic carbocycles. The minimum absolute atomic E-state index is 0.0930. The smallest absolute Gasteiger partial charge is 0.325 e. The molecule has 2 saturated heterocycles. The second kappa shape index (κ2) is 5.98. The number of fused-ring (bicyclic) bond motifs is 1. The second-order valence-electron chi connectivity index (χ2n) is 7.98. The van der Waals surface area contributed by atoms with E-state index < -0.39 is 11.4 Å². The number of hydrogen-bond acceptors (Lipinski definition) is 3. The molecule has 3 aliphatic rings. The van der Waals surface area contributed by atoms with Gasteiger partial charge in [0, 0.05) is 24.2 Å². The molecule has 3 amide bonds. The van der Waals surface area contributed by atoms with E-state index >= 15 is 0 Å². The molecule has 3 fully saturated rings. The molecule has 6 heteroatoms. The van der Waals surface area contributed by atoms with E-state index in [4.69, 9.17) is 5.73 Å². The summed E-state index contributed by atoms with van der Waals surface area (Å²) < 4.78 is 0. The monoisotopic (exact) mass is 355 g/mol. The maximum absolute atomic E-state index is 12.8. The highest BCUT2D eigenvalue weighted by Crippen LogP contribution is 2.43. The second-order valence-corrected chi connectivity index (χ2v) is 7.98. The number of benzene rings is 1. The van der Waals surface area contributed by atoms with Crippen LogP contribution < -0.4 is 10.6 Å². The number of rotatable bonds is 4. The van der Waals surface area contributed by atoms with Gasteiger partial charge in [-0.2, -0.15) is 0 Å². The van der Waals surface area contributed by atoms with Crippen LogP contribution >= 0.6 is 0 Å². The number of carbonyl (C=O) groups excluding carboxylic acids is 2. The summed E-state index contributed by atoms with van der Waals surface area (Å²) in [5.41, 5.74) is 6.90.